The third-order valence-electron chi connectivity index (χ3n) is 8.26. The van der Waals surface area contributed by atoms with Crippen molar-refractivity contribution in [3.05, 3.63) is 140 Å². The topological polar surface area (TPSA) is 38.7 Å². The number of hydrogen-bond donors (Lipinski definition) is 0. The van der Waals surface area contributed by atoms with Crippen molar-refractivity contribution < 1.29 is 0 Å². The first-order valence-corrected chi connectivity index (χ1v) is 15.2. The molecule has 0 saturated heterocycles. The standard InChI is InChI=1S/C39H23N3S/c1-2-11-24(12-3-1)25-13-10-14-26(21-25)37-30-18-6-8-19-33(30)41-39(42-37)38-29-17-5-4-15-27(29)31-23-36-32(22-34(31)40-38)28-16-7-9-20-35(28)43-36/h1-23H. The average molecular weight is 566 g/mol. The van der Waals surface area contributed by atoms with E-state index in [1.165, 1.54) is 25.7 Å². The van der Waals surface area contributed by atoms with Crippen LogP contribution in [0.15, 0.2) is 140 Å². The Labute approximate surface area is 251 Å². The largest absolute Gasteiger partial charge is 0.244 e. The van der Waals surface area contributed by atoms with Crippen LogP contribution in [0.1, 0.15) is 0 Å². The molecule has 9 rings (SSSR count). The van der Waals surface area contributed by atoms with E-state index in [1.807, 2.05) is 23.5 Å². The lowest BCUT2D eigenvalue weighted by molar-refractivity contribution is 1.20. The zero-order chi connectivity index (χ0) is 28.3. The zero-order valence-electron chi connectivity index (χ0n) is 23.0. The van der Waals surface area contributed by atoms with Crippen LogP contribution in [0.2, 0.25) is 0 Å². The molecule has 0 aliphatic heterocycles. The Bertz CT molecular complexity index is 2510. The Morgan fingerprint density at radius 3 is 1.93 bits per heavy atom. The lowest BCUT2D eigenvalue weighted by Crippen LogP contribution is -1.98. The van der Waals surface area contributed by atoms with E-state index in [4.69, 9.17) is 15.0 Å². The van der Waals surface area contributed by atoms with Crippen LogP contribution in [0.4, 0.5) is 0 Å². The molecule has 0 N–H and O–H groups in total. The smallest absolute Gasteiger partial charge is 0.179 e. The van der Waals surface area contributed by atoms with Crippen LogP contribution in [0.3, 0.4) is 0 Å². The Hall–Kier alpha value is -5.45. The Morgan fingerprint density at radius 2 is 1.05 bits per heavy atom. The van der Waals surface area contributed by atoms with Crippen molar-refractivity contribution in [1.29, 1.82) is 0 Å². The lowest BCUT2D eigenvalue weighted by atomic mass is 9.99. The van der Waals surface area contributed by atoms with Gasteiger partial charge in [-0.05, 0) is 46.8 Å². The van der Waals surface area contributed by atoms with Crippen LogP contribution in [0.25, 0.3) is 86.7 Å². The van der Waals surface area contributed by atoms with E-state index in [0.29, 0.717) is 5.82 Å². The molecule has 0 aliphatic carbocycles. The molecule has 0 amide bonds. The fourth-order valence-electron chi connectivity index (χ4n) is 6.22. The summed E-state index contributed by atoms with van der Waals surface area (Å²) >= 11 is 1.83. The van der Waals surface area contributed by atoms with E-state index in [0.717, 1.165) is 55.1 Å². The third-order valence-corrected chi connectivity index (χ3v) is 9.39. The Morgan fingerprint density at radius 1 is 0.349 bits per heavy atom. The Balaban J connectivity index is 1.32. The van der Waals surface area contributed by atoms with E-state index in [9.17, 15) is 0 Å². The van der Waals surface area contributed by atoms with Gasteiger partial charge >= 0.3 is 0 Å². The molecule has 0 aliphatic rings. The number of thiophene rings is 1. The van der Waals surface area contributed by atoms with Crippen LogP contribution in [0, 0.1) is 0 Å². The van der Waals surface area contributed by atoms with Crippen LogP contribution >= 0.6 is 11.3 Å². The van der Waals surface area contributed by atoms with Gasteiger partial charge in [-0.1, -0.05) is 109 Å². The van der Waals surface area contributed by atoms with Crippen LogP contribution < -0.4 is 0 Å². The van der Waals surface area contributed by atoms with Crippen LogP contribution in [-0.4, -0.2) is 15.0 Å². The van der Waals surface area contributed by atoms with Crippen LogP contribution in [-0.2, 0) is 0 Å². The summed E-state index contributed by atoms with van der Waals surface area (Å²) in [5.74, 6) is 0.632. The highest BCUT2D eigenvalue weighted by Crippen LogP contribution is 2.40. The average Bonchev–Trinajstić information content (AvgIpc) is 3.44. The van der Waals surface area contributed by atoms with E-state index >= 15 is 0 Å². The van der Waals surface area contributed by atoms with Gasteiger partial charge in [0.2, 0.25) is 0 Å². The van der Waals surface area contributed by atoms with Crippen molar-refractivity contribution in [2.45, 2.75) is 0 Å². The second-order valence-corrected chi connectivity index (χ2v) is 11.9. The fourth-order valence-corrected chi connectivity index (χ4v) is 7.35. The van der Waals surface area contributed by atoms with Crippen molar-refractivity contribution in [1.82, 2.24) is 15.0 Å². The molecule has 0 bridgehead atoms. The number of hydrogen-bond acceptors (Lipinski definition) is 4. The van der Waals surface area contributed by atoms with E-state index in [1.54, 1.807) is 0 Å². The minimum Gasteiger partial charge on any atom is -0.244 e. The molecule has 3 aromatic heterocycles. The molecular formula is C39H23N3S. The van der Waals surface area contributed by atoms with Crippen molar-refractivity contribution >= 4 is 64.1 Å². The minimum absolute atomic E-state index is 0.632. The SMILES string of the molecule is c1ccc(-c2cccc(-c3nc(-c4nc5cc6c(cc5c5ccccc45)sc4ccccc46)nc4ccccc34)c2)cc1. The van der Waals surface area contributed by atoms with Gasteiger partial charge in [-0.25, -0.2) is 15.0 Å². The molecule has 200 valence electrons. The van der Waals surface area contributed by atoms with Gasteiger partial charge in [-0.3, -0.25) is 0 Å². The second-order valence-electron chi connectivity index (χ2n) is 10.8. The first-order chi connectivity index (χ1) is 21.3. The highest BCUT2D eigenvalue weighted by molar-refractivity contribution is 7.25. The number of nitrogens with zero attached hydrogens (tertiary/aromatic N) is 3. The number of fused-ring (bicyclic) bond motifs is 7. The maximum absolute atomic E-state index is 5.30. The summed E-state index contributed by atoms with van der Waals surface area (Å²) in [6.45, 7) is 0. The van der Waals surface area contributed by atoms with Crippen LogP contribution in [0.5, 0.6) is 0 Å². The molecular weight excluding hydrogens is 543 g/mol. The summed E-state index contributed by atoms with van der Waals surface area (Å²) < 4.78 is 2.56. The molecule has 0 unspecified atom stereocenters. The van der Waals surface area contributed by atoms with E-state index in [-0.39, 0.29) is 0 Å². The molecule has 3 nitrogen and oxygen atoms in total. The second kappa shape index (κ2) is 9.55. The van der Waals surface area contributed by atoms with Gasteiger partial charge in [0.05, 0.1) is 16.7 Å². The lowest BCUT2D eigenvalue weighted by Gasteiger charge is -2.13. The quantitative estimate of drug-likeness (QED) is 0.200. The van der Waals surface area contributed by atoms with Gasteiger partial charge in [0, 0.05) is 41.9 Å². The third kappa shape index (κ3) is 3.92. The van der Waals surface area contributed by atoms with Gasteiger partial charge < -0.3 is 0 Å². The fraction of sp³-hybridized carbons (Fsp3) is 0. The predicted molar refractivity (Wildman–Crippen MR) is 182 cm³/mol. The molecule has 0 radical (unpaired) electrons. The van der Waals surface area contributed by atoms with Gasteiger partial charge in [-0.15, -0.1) is 11.3 Å². The number of pyridine rings is 1. The molecule has 0 spiro atoms. The highest BCUT2D eigenvalue weighted by atomic mass is 32.1. The normalized spacial score (nSPS) is 11.7. The predicted octanol–water partition coefficient (Wildman–Crippen LogP) is 10.7. The summed E-state index contributed by atoms with van der Waals surface area (Å²) in [5.41, 5.74) is 6.95. The first-order valence-electron chi connectivity index (χ1n) is 14.4. The monoisotopic (exact) mass is 565 g/mol. The van der Waals surface area contributed by atoms with Crippen molar-refractivity contribution in [3.8, 4) is 33.9 Å². The molecule has 6 aromatic carbocycles. The van der Waals surface area contributed by atoms with Crippen molar-refractivity contribution in [2.24, 2.45) is 0 Å². The van der Waals surface area contributed by atoms with E-state index < -0.39 is 0 Å². The molecule has 9 aromatic rings. The number of para-hydroxylation sites is 1. The zero-order valence-corrected chi connectivity index (χ0v) is 23.8. The molecule has 4 heteroatoms. The van der Waals surface area contributed by atoms with E-state index in [2.05, 4.69) is 127 Å². The summed E-state index contributed by atoms with van der Waals surface area (Å²) in [7, 11) is 0. The molecule has 0 saturated carbocycles. The number of benzene rings is 6. The maximum Gasteiger partial charge on any atom is 0.179 e. The van der Waals surface area contributed by atoms with Gasteiger partial charge in [0.25, 0.3) is 0 Å². The first kappa shape index (κ1) is 24.2. The highest BCUT2D eigenvalue weighted by Gasteiger charge is 2.18. The molecule has 3 heterocycles. The molecule has 0 atom stereocenters. The molecule has 0 fully saturated rings. The minimum atomic E-state index is 0.632. The maximum atomic E-state index is 5.30. The molecule has 43 heavy (non-hydrogen) atoms. The van der Waals surface area contributed by atoms with Gasteiger partial charge in [0.15, 0.2) is 5.82 Å². The Kier molecular flexibility index (Phi) is 5.37. The summed E-state index contributed by atoms with van der Waals surface area (Å²) in [6.07, 6.45) is 0. The number of aromatic nitrogens is 3. The number of rotatable bonds is 3. The van der Waals surface area contributed by atoms with Gasteiger partial charge in [0.1, 0.15) is 5.69 Å². The summed E-state index contributed by atoms with van der Waals surface area (Å²) in [5, 5.41) is 6.88. The van der Waals surface area contributed by atoms with Gasteiger partial charge in [-0.2, -0.15) is 0 Å². The van der Waals surface area contributed by atoms with Crippen molar-refractivity contribution in [3.63, 3.8) is 0 Å². The summed E-state index contributed by atoms with van der Waals surface area (Å²) in [4.78, 5) is 15.7. The van der Waals surface area contributed by atoms with Crippen molar-refractivity contribution in [2.75, 3.05) is 0 Å². The summed E-state index contributed by atoms with van der Waals surface area (Å²) in [6, 6.07) is 49.0.